The molecule has 0 bridgehead atoms. The van der Waals surface area contributed by atoms with E-state index in [1.165, 1.54) is 24.4 Å². The predicted molar refractivity (Wildman–Crippen MR) is 258 cm³/mol. The maximum Gasteiger partial charge on any atom is 0.573 e. The summed E-state index contributed by atoms with van der Waals surface area (Å²) in [5, 5.41) is 20.7. The number of hydrogen-bond donors (Lipinski definition) is 3. The first-order valence-corrected chi connectivity index (χ1v) is 24.1. The monoisotopic (exact) mass is 1040 g/mol. The number of nitro benzene ring substituents is 1. The van der Waals surface area contributed by atoms with E-state index in [2.05, 4.69) is 60.4 Å². The van der Waals surface area contributed by atoms with E-state index in [1.54, 1.807) is 47.2 Å². The van der Waals surface area contributed by atoms with Crippen molar-refractivity contribution in [2.75, 3.05) is 68.6 Å². The number of halogens is 4. The number of aromatic nitrogens is 2. The Morgan fingerprint density at radius 3 is 2.53 bits per heavy atom. The molecule has 70 heavy (non-hydrogen) atoms. The zero-order valence-electron chi connectivity index (χ0n) is 39.5. The SMILES string of the molecule is Cc1cnc(NC(=O)Nc2cc(Br)c(C)cc2OC[C@@H]2CN(C(=O)CCCCOCCN(CC(C)(C)C3Nc4ccc([N+](=O)[O-])cc4C4CCCC43)C(=O)c3ccc(OC(F)(F)F)cc3)CCO2)cn1. The molecule has 0 spiro atoms. The average Bonchev–Trinajstić information content (AvgIpc) is 3.82. The third-order valence-corrected chi connectivity index (χ3v) is 13.8. The van der Waals surface area contributed by atoms with Crippen LogP contribution in [0.2, 0.25) is 0 Å². The molecule has 1 saturated carbocycles. The van der Waals surface area contributed by atoms with E-state index >= 15 is 0 Å². The number of carbonyl (C=O) groups is 3. The number of morpholine rings is 1. The molecule has 7 rings (SSSR count). The van der Waals surface area contributed by atoms with Crippen molar-refractivity contribution < 1.29 is 51.4 Å². The van der Waals surface area contributed by atoms with Crippen LogP contribution in [0, 0.1) is 35.3 Å². The number of non-ortho nitro benzene ring substituents is 1. The standard InChI is InChI=1S/C49H58BrF3N8O9/c1-30-22-42(41(24-39(30)50)57-47(64)58-43-26-54-31(2)25-55-43)69-28-35-27-59(18-21-68-35)44(62)10-5-6-19-67-20-17-60(46(63)32-11-14-34(15-12-32)70-49(51,52)53)29-48(3,4)45-37-9-7-8-36(37)38-23-33(61(65)66)13-16-40(38)56-45/h11-16,22-26,35-37,45,56H,5-10,17-21,27-29H2,1-4H3,(H2,55,57,58,64)/t35-,36?,37?,45?/m0/s1. The van der Waals surface area contributed by atoms with Gasteiger partial charge in [-0.2, -0.15) is 0 Å². The quantitative estimate of drug-likeness (QED) is 0.0457. The zero-order valence-corrected chi connectivity index (χ0v) is 41.1. The number of rotatable bonds is 19. The second-order valence-corrected chi connectivity index (χ2v) is 19.4. The van der Waals surface area contributed by atoms with E-state index in [4.69, 9.17) is 14.2 Å². The lowest BCUT2D eigenvalue weighted by Crippen LogP contribution is -2.52. The van der Waals surface area contributed by atoms with Crippen LogP contribution in [-0.4, -0.2) is 114 Å². The lowest BCUT2D eigenvalue weighted by molar-refractivity contribution is -0.384. The molecule has 1 aliphatic carbocycles. The molecular weight excluding hydrogens is 981 g/mol. The van der Waals surface area contributed by atoms with Gasteiger partial charge in [-0.15, -0.1) is 13.2 Å². The molecule has 0 radical (unpaired) electrons. The summed E-state index contributed by atoms with van der Waals surface area (Å²) in [6.07, 6.45) is 1.91. The lowest BCUT2D eigenvalue weighted by Gasteiger charge is -2.47. The molecule has 1 aromatic heterocycles. The Morgan fingerprint density at radius 2 is 1.80 bits per heavy atom. The number of alkyl halides is 3. The summed E-state index contributed by atoms with van der Waals surface area (Å²) in [5.74, 6) is 0.141. The van der Waals surface area contributed by atoms with Crippen molar-refractivity contribution in [1.29, 1.82) is 0 Å². The first-order valence-electron chi connectivity index (χ1n) is 23.3. The molecule has 4 amide bonds. The van der Waals surface area contributed by atoms with Crippen molar-refractivity contribution in [3.63, 3.8) is 0 Å². The van der Waals surface area contributed by atoms with Gasteiger partial charge in [0.15, 0.2) is 5.82 Å². The number of nitrogens with one attached hydrogen (secondary N) is 3. The lowest BCUT2D eigenvalue weighted by atomic mass is 9.69. The molecule has 2 aliphatic heterocycles. The van der Waals surface area contributed by atoms with Crippen LogP contribution in [-0.2, 0) is 14.3 Å². The Hall–Kier alpha value is -6.06. The number of nitro groups is 1. The van der Waals surface area contributed by atoms with Gasteiger partial charge in [0, 0.05) is 72.0 Å². The molecule has 3 heterocycles. The van der Waals surface area contributed by atoms with Gasteiger partial charge >= 0.3 is 12.4 Å². The van der Waals surface area contributed by atoms with Crippen molar-refractivity contribution in [2.24, 2.45) is 11.3 Å². The average molecular weight is 1040 g/mol. The van der Waals surface area contributed by atoms with Crippen molar-refractivity contribution >= 4 is 56.7 Å². The Balaban J connectivity index is 0.900. The molecule has 376 valence electrons. The molecule has 4 aromatic rings. The molecule has 3 aromatic carbocycles. The largest absolute Gasteiger partial charge is 0.573 e. The molecule has 17 nitrogen and oxygen atoms in total. The summed E-state index contributed by atoms with van der Waals surface area (Å²) in [6, 6.07) is 12.7. The number of nitrogens with zero attached hydrogens (tertiary/aromatic N) is 5. The number of benzene rings is 3. The van der Waals surface area contributed by atoms with E-state index in [0.717, 1.165) is 52.7 Å². The highest BCUT2D eigenvalue weighted by molar-refractivity contribution is 9.10. The molecule has 3 N–H and O–H groups in total. The first kappa shape index (κ1) is 51.8. The number of ether oxygens (including phenoxy) is 4. The predicted octanol–water partition coefficient (Wildman–Crippen LogP) is 9.65. The minimum absolute atomic E-state index is 0.0293. The van der Waals surface area contributed by atoms with Gasteiger partial charge in [0.1, 0.15) is 24.2 Å². The molecule has 4 atom stereocenters. The van der Waals surface area contributed by atoms with Crippen LogP contribution < -0.4 is 25.4 Å². The maximum atomic E-state index is 14.1. The van der Waals surface area contributed by atoms with E-state index in [9.17, 15) is 37.7 Å². The van der Waals surface area contributed by atoms with Gasteiger partial charge in [0.25, 0.3) is 11.6 Å². The van der Waals surface area contributed by atoms with Gasteiger partial charge < -0.3 is 39.4 Å². The highest BCUT2D eigenvalue weighted by Gasteiger charge is 2.47. The Morgan fingerprint density at radius 1 is 1.01 bits per heavy atom. The van der Waals surface area contributed by atoms with Crippen LogP contribution in [0.3, 0.4) is 0 Å². The summed E-state index contributed by atoms with van der Waals surface area (Å²) in [5.41, 5.74) is 3.49. The smallest absolute Gasteiger partial charge is 0.489 e. The highest BCUT2D eigenvalue weighted by atomic mass is 79.9. The van der Waals surface area contributed by atoms with Crippen molar-refractivity contribution in [2.45, 2.75) is 90.6 Å². The minimum Gasteiger partial charge on any atom is -0.489 e. The summed E-state index contributed by atoms with van der Waals surface area (Å²) in [7, 11) is 0. The number of anilines is 3. The maximum absolute atomic E-state index is 14.1. The number of carbonyl (C=O) groups excluding carboxylic acids is 3. The number of unbranched alkanes of at least 4 members (excludes halogenated alkanes) is 1. The third kappa shape index (κ3) is 13.6. The van der Waals surface area contributed by atoms with Gasteiger partial charge in [-0.1, -0.05) is 36.2 Å². The van der Waals surface area contributed by atoms with Crippen LogP contribution >= 0.6 is 15.9 Å². The normalized spacial score (nSPS) is 18.8. The summed E-state index contributed by atoms with van der Waals surface area (Å²) < 4.78 is 61.7. The third-order valence-electron chi connectivity index (χ3n) is 12.9. The summed E-state index contributed by atoms with van der Waals surface area (Å²) >= 11 is 3.51. The second kappa shape index (κ2) is 22.8. The van der Waals surface area contributed by atoms with E-state index in [-0.39, 0.29) is 84.4 Å². The number of hydrogen-bond acceptors (Lipinski definition) is 12. The number of aryl methyl sites for hydroxylation is 2. The zero-order chi connectivity index (χ0) is 50.2. The fourth-order valence-corrected chi connectivity index (χ4v) is 9.84. The molecule has 21 heteroatoms. The number of fused-ring (bicyclic) bond motifs is 3. The van der Waals surface area contributed by atoms with Crippen molar-refractivity contribution in [1.82, 2.24) is 19.8 Å². The number of amides is 4. The van der Waals surface area contributed by atoms with Crippen LogP contribution in [0.5, 0.6) is 11.5 Å². The topological polar surface area (TPSA) is 200 Å². The van der Waals surface area contributed by atoms with Gasteiger partial charge in [-0.25, -0.2) is 9.78 Å². The Bertz CT molecular complexity index is 2500. The summed E-state index contributed by atoms with van der Waals surface area (Å²) in [4.78, 5) is 63.2. The minimum atomic E-state index is -4.88. The fourth-order valence-electron chi connectivity index (χ4n) is 9.49. The first-order chi connectivity index (χ1) is 33.3. The van der Waals surface area contributed by atoms with Crippen molar-refractivity contribution in [3.8, 4) is 11.5 Å². The van der Waals surface area contributed by atoms with Gasteiger partial charge in [-0.3, -0.25) is 30.0 Å². The molecule has 1 saturated heterocycles. The van der Waals surface area contributed by atoms with E-state index in [1.807, 2.05) is 6.92 Å². The van der Waals surface area contributed by atoms with Gasteiger partial charge in [-0.05, 0) is 105 Å². The van der Waals surface area contributed by atoms with E-state index in [0.29, 0.717) is 56.3 Å². The summed E-state index contributed by atoms with van der Waals surface area (Å²) in [6.45, 7) is 10.0. The fraction of sp³-hybridized carbons (Fsp3) is 0.490. The van der Waals surface area contributed by atoms with Crippen LogP contribution in [0.1, 0.15) is 85.5 Å². The highest BCUT2D eigenvalue weighted by Crippen LogP contribution is 2.52. The van der Waals surface area contributed by atoms with Gasteiger partial charge in [0.05, 0.1) is 48.5 Å². The number of urea groups is 1. The van der Waals surface area contributed by atoms with Crippen LogP contribution in [0.15, 0.2) is 71.5 Å². The second-order valence-electron chi connectivity index (χ2n) is 18.6. The van der Waals surface area contributed by atoms with Crippen LogP contribution in [0.25, 0.3) is 0 Å². The molecule has 2 fully saturated rings. The molecule has 3 aliphatic rings. The van der Waals surface area contributed by atoms with Crippen molar-refractivity contribution in [3.05, 3.63) is 104 Å². The van der Waals surface area contributed by atoms with Gasteiger partial charge in [0.2, 0.25) is 5.91 Å². The molecular formula is C49H58BrF3N8O9. The molecule has 3 unspecified atom stereocenters. The Kier molecular flexibility index (Phi) is 16.9. The van der Waals surface area contributed by atoms with Crippen LogP contribution in [0.4, 0.5) is 40.8 Å². The Labute approximate surface area is 412 Å². The van der Waals surface area contributed by atoms with E-state index < -0.39 is 29.7 Å².